The molecule has 0 saturated heterocycles. The first-order valence-electron chi connectivity index (χ1n) is 4.13. The summed E-state index contributed by atoms with van der Waals surface area (Å²) in [7, 11) is 0.583. The molecule has 0 rings (SSSR count). The van der Waals surface area contributed by atoms with E-state index in [0.29, 0.717) is 21.3 Å². The van der Waals surface area contributed by atoms with Crippen molar-refractivity contribution in [1.82, 2.24) is 0 Å². The fourth-order valence-corrected chi connectivity index (χ4v) is 5.59. The molecule has 2 heteroatoms. The predicted octanol–water partition coefficient (Wildman–Crippen LogP) is 3.50. The standard InChI is InChI=1S/C9H22P2/c1-9(2,7-10(3)4)8-11(5)6/h7-8H2,1-6H3. The molecule has 0 amide bonds. The van der Waals surface area contributed by atoms with Crippen LogP contribution in [0.3, 0.4) is 0 Å². The van der Waals surface area contributed by atoms with Crippen LogP contribution in [0.2, 0.25) is 0 Å². The summed E-state index contributed by atoms with van der Waals surface area (Å²) in [5, 5.41) is 0. The Morgan fingerprint density at radius 3 is 1.27 bits per heavy atom. The number of rotatable bonds is 4. The van der Waals surface area contributed by atoms with Crippen LogP contribution in [0.4, 0.5) is 0 Å². The van der Waals surface area contributed by atoms with Gasteiger partial charge in [0.05, 0.1) is 0 Å². The van der Waals surface area contributed by atoms with Crippen LogP contribution >= 0.6 is 15.8 Å². The Hall–Kier alpha value is 0.860. The molecule has 0 aliphatic carbocycles. The molecule has 0 aromatic heterocycles. The highest BCUT2D eigenvalue weighted by molar-refractivity contribution is 7.57. The third kappa shape index (κ3) is 7.23. The van der Waals surface area contributed by atoms with Gasteiger partial charge < -0.3 is 0 Å². The van der Waals surface area contributed by atoms with Gasteiger partial charge >= 0.3 is 0 Å². The first-order valence-corrected chi connectivity index (χ1v) is 8.97. The van der Waals surface area contributed by atoms with Gasteiger partial charge in [0.2, 0.25) is 0 Å². The van der Waals surface area contributed by atoms with Crippen molar-refractivity contribution in [1.29, 1.82) is 0 Å². The molecule has 0 radical (unpaired) electrons. The van der Waals surface area contributed by atoms with Gasteiger partial charge in [-0.2, -0.15) is 0 Å². The summed E-state index contributed by atoms with van der Waals surface area (Å²) >= 11 is 0. The van der Waals surface area contributed by atoms with Crippen molar-refractivity contribution in [3.8, 4) is 0 Å². The molecule has 68 valence electrons. The lowest BCUT2D eigenvalue weighted by molar-refractivity contribution is 0.486. The number of hydrogen-bond acceptors (Lipinski definition) is 0. The maximum atomic E-state index is 2.41. The summed E-state index contributed by atoms with van der Waals surface area (Å²) in [5.41, 5.74) is 0.602. The van der Waals surface area contributed by atoms with Gasteiger partial charge in [-0.15, -0.1) is 15.8 Å². The fourth-order valence-electron chi connectivity index (χ4n) is 1.76. The Labute approximate surface area is 74.7 Å². The quantitative estimate of drug-likeness (QED) is 0.598. The molecule has 0 unspecified atom stereocenters. The van der Waals surface area contributed by atoms with Crippen LogP contribution in [0.1, 0.15) is 13.8 Å². The van der Waals surface area contributed by atoms with Crippen LogP contribution in [0.15, 0.2) is 0 Å². The monoisotopic (exact) mass is 192 g/mol. The molecule has 0 fully saturated rings. The van der Waals surface area contributed by atoms with E-state index in [4.69, 9.17) is 0 Å². The van der Waals surface area contributed by atoms with E-state index in [2.05, 4.69) is 40.5 Å². The van der Waals surface area contributed by atoms with Crippen molar-refractivity contribution in [3.63, 3.8) is 0 Å². The summed E-state index contributed by atoms with van der Waals surface area (Å²) in [6.07, 6.45) is 2.87. The largest absolute Gasteiger partial charge is 0.113 e. The van der Waals surface area contributed by atoms with Gasteiger partial charge in [0.15, 0.2) is 0 Å². The van der Waals surface area contributed by atoms with Crippen molar-refractivity contribution in [2.24, 2.45) is 5.41 Å². The van der Waals surface area contributed by atoms with E-state index in [9.17, 15) is 0 Å². The molecule has 0 bridgehead atoms. The highest BCUT2D eigenvalue weighted by Gasteiger charge is 2.19. The van der Waals surface area contributed by atoms with E-state index in [1.165, 1.54) is 12.3 Å². The first kappa shape index (κ1) is 11.9. The zero-order valence-electron chi connectivity index (χ0n) is 8.81. The zero-order valence-corrected chi connectivity index (χ0v) is 10.6. The van der Waals surface area contributed by atoms with Crippen LogP contribution in [0.5, 0.6) is 0 Å². The van der Waals surface area contributed by atoms with Crippen LogP contribution in [0.25, 0.3) is 0 Å². The van der Waals surface area contributed by atoms with Gasteiger partial charge in [0.1, 0.15) is 0 Å². The molecule has 0 nitrogen and oxygen atoms in total. The first-order chi connectivity index (χ1) is 4.83. The molecular formula is C9H22P2. The molecule has 0 N–H and O–H groups in total. The van der Waals surface area contributed by atoms with Gasteiger partial charge in [0.25, 0.3) is 0 Å². The minimum Gasteiger partial charge on any atom is -0.113 e. The van der Waals surface area contributed by atoms with E-state index in [1.54, 1.807) is 0 Å². The Morgan fingerprint density at radius 1 is 0.818 bits per heavy atom. The van der Waals surface area contributed by atoms with Crippen molar-refractivity contribution >= 4 is 15.8 Å². The molecule has 0 atom stereocenters. The second-order valence-electron chi connectivity index (χ2n) is 4.64. The van der Waals surface area contributed by atoms with Crippen molar-refractivity contribution in [2.45, 2.75) is 13.8 Å². The molecule has 11 heavy (non-hydrogen) atoms. The van der Waals surface area contributed by atoms with Gasteiger partial charge in [-0.1, -0.05) is 13.8 Å². The summed E-state index contributed by atoms with van der Waals surface area (Å²) in [6.45, 7) is 14.3. The van der Waals surface area contributed by atoms with Crippen LogP contribution in [-0.4, -0.2) is 39.0 Å². The minimum atomic E-state index is 0.291. The lowest BCUT2D eigenvalue weighted by Crippen LogP contribution is -2.19. The lowest BCUT2D eigenvalue weighted by atomic mass is 10.00. The highest BCUT2D eigenvalue weighted by Crippen LogP contribution is 2.41. The smallest absolute Gasteiger partial charge is 0.0276 e. The van der Waals surface area contributed by atoms with Crippen LogP contribution in [-0.2, 0) is 0 Å². The number of hydrogen-bond donors (Lipinski definition) is 0. The van der Waals surface area contributed by atoms with Gasteiger partial charge in [0, 0.05) is 0 Å². The molecule has 0 aliphatic heterocycles. The van der Waals surface area contributed by atoms with Gasteiger partial charge in [-0.3, -0.25) is 0 Å². The van der Waals surface area contributed by atoms with Gasteiger partial charge in [-0.25, -0.2) is 0 Å². The summed E-state index contributed by atoms with van der Waals surface area (Å²) < 4.78 is 0. The predicted molar refractivity (Wildman–Crippen MR) is 61.1 cm³/mol. The van der Waals surface area contributed by atoms with E-state index in [-0.39, 0.29) is 0 Å². The summed E-state index contributed by atoms with van der Waals surface area (Å²) in [4.78, 5) is 0. The van der Waals surface area contributed by atoms with Gasteiger partial charge in [-0.05, 0) is 44.4 Å². The average Bonchev–Trinajstić information content (AvgIpc) is 1.53. The van der Waals surface area contributed by atoms with Crippen LogP contribution < -0.4 is 0 Å². The zero-order chi connectivity index (χ0) is 9.07. The minimum absolute atomic E-state index is 0.291. The molecule has 0 saturated carbocycles. The average molecular weight is 192 g/mol. The molecule has 0 aromatic carbocycles. The molecule has 0 spiro atoms. The Kier molecular flexibility index (Phi) is 5.16. The summed E-state index contributed by atoms with van der Waals surface area (Å²) in [5.74, 6) is 0. The molecule has 0 aliphatic rings. The van der Waals surface area contributed by atoms with E-state index in [1.807, 2.05) is 0 Å². The Balaban J connectivity index is 3.79. The Morgan fingerprint density at radius 2 is 1.09 bits per heavy atom. The maximum Gasteiger partial charge on any atom is -0.0276 e. The maximum absolute atomic E-state index is 2.41. The third-order valence-corrected chi connectivity index (χ3v) is 4.47. The summed E-state index contributed by atoms with van der Waals surface area (Å²) in [6, 6.07) is 0. The van der Waals surface area contributed by atoms with E-state index in [0.717, 1.165) is 0 Å². The fraction of sp³-hybridized carbons (Fsp3) is 1.00. The second-order valence-corrected chi connectivity index (χ2v) is 9.59. The normalized spacial score (nSPS) is 13.1. The lowest BCUT2D eigenvalue weighted by Gasteiger charge is -2.28. The third-order valence-electron chi connectivity index (χ3n) is 1.49. The SMILES string of the molecule is CP(C)CC(C)(C)CP(C)C. The van der Waals surface area contributed by atoms with Crippen molar-refractivity contribution in [3.05, 3.63) is 0 Å². The molecule has 0 aromatic rings. The topological polar surface area (TPSA) is 0 Å². The second kappa shape index (κ2) is 4.78. The van der Waals surface area contributed by atoms with E-state index < -0.39 is 0 Å². The molecular weight excluding hydrogens is 170 g/mol. The highest BCUT2D eigenvalue weighted by atomic mass is 31.1. The Bertz CT molecular complexity index is 94.1. The van der Waals surface area contributed by atoms with Crippen LogP contribution in [0, 0.1) is 5.41 Å². The van der Waals surface area contributed by atoms with E-state index >= 15 is 0 Å². The molecule has 0 heterocycles. The van der Waals surface area contributed by atoms with Crippen molar-refractivity contribution < 1.29 is 0 Å². The van der Waals surface area contributed by atoms with Crippen molar-refractivity contribution in [2.75, 3.05) is 39.0 Å².